The van der Waals surface area contributed by atoms with E-state index >= 15 is 0 Å². The number of nitrogens with one attached hydrogen (secondary N) is 1. The lowest BCUT2D eigenvalue weighted by Gasteiger charge is -2.12. The van der Waals surface area contributed by atoms with E-state index in [1.165, 1.54) is 0 Å². The number of rotatable bonds is 11. The van der Waals surface area contributed by atoms with Crippen LogP contribution in [0.1, 0.15) is 17.5 Å². The van der Waals surface area contributed by atoms with E-state index in [9.17, 15) is 10.0 Å². The lowest BCUT2D eigenvalue weighted by atomic mass is 10.1. The molecule has 170 valence electrons. The van der Waals surface area contributed by atoms with Crippen LogP contribution < -0.4 is 20.5 Å². The van der Waals surface area contributed by atoms with Crippen LogP contribution >= 0.6 is 44.3 Å². The van der Waals surface area contributed by atoms with Gasteiger partial charge in [-0.15, -0.1) is 12.4 Å². The summed E-state index contributed by atoms with van der Waals surface area (Å²) in [6.07, 6.45) is 1.57. The van der Waals surface area contributed by atoms with E-state index in [2.05, 4.69) is 42.3 Å². The smallest absolute Gasteiger partial charge is 0.269 e. The monoisotopic (exact) mass is 577 g/mol. The minimum absolute atomic E-state index is 0. The van der Waals surface area contributed by atoms with Crippen molar-refractivity contribution in [2.24, 2.45) is 10.9 Å². The molecule has 0 saturated carbocycles. The predicted octanol–water partition coefficient (Wildman–Crippen LogP) is 4.10. The second-order valence-corrected chi connectivity index (χ2v) is 8.17. The first-order valence-corrected chi connectivity index (χ1v) is 11.0. The number of oxime groups is 1. The Morgan fingerprint density at radius 3 is 2.35 bits per heavy atom. The highest BCUT2D eigenvalue weighted by Gasteiger charge is 2.16. The quantitative estimate of drug-likeness (QED) is 0.161. The molecule has 0 saturated heterocycles. The van der Waals surface area contributed by atoms with Crippen molar-refractivity contribution in [2.75, 3.05) is 26.8 Å². The first-order valence-electron chi connectivity index (χ1n) is 9.41. The summed E-state index contributed by atoms with van der Waals surface area (Å²) in [5, 5.41) is 15.3. The Morgan fingerprint density at radius 1 is 1.16 bits per heavy atom. The summed E-state index contributed by atoms with van der Waals surface area (Å²) in [5.41, 5.74) is 7.37. The van der Waals surface area contributed by atoms with Crippen molar-refractivity contribution >= 4 is 55.9 Å². The number of carbonyl (C=O) groups excluding carboxylic acids is 1. The second kappa shape index (κ2) is 14.3. The van der Waals surface area contributed by atoms with Crippen molar-refractivity contribution in [1.82, 2.24) is 5.32 Å². The average molecular weight is 580 g/mol. The van der Waals surface area contributed by atoms with E-state index in [1.54, 1.807) is 7.11 Å². The largest absolute Gasteiger partial charge is 0.497 e. The number of amides is 1. The van der Waals surface area contributed by atoms with Gasteiger partial charge in [0.1, 0.15) is 17.2 Å². The Labute approximate surface area is 205 Å². The van der Waals surface area contributed by atoms with Crippen molar-refractivity contribution in [3.63, 3.8) is 0 Å². The van der Waals surface area contributed by atoms with Crippen LogP contribution in [0.2, 0.25) is 0 Å². The third kappa shape index (κ3) is 8.68. The molecule has 0 aliphatic rings. The minimum atomic E-state index is -0.415. The van der Waals surface area contributed by atoms with Gasteiger partial charge >= 0.3 is 0 Å². The average Bonchev–Trinajstić information content (AvgIpc) is 2.74. The molecule has 2 aromatic carbocycles. The van der Waals surface area contributed by atoms with Crippen LogP contribution in [0.3, 0.4) is 0 Å². The van der Waals surface area contributed by atoms with Gasteiger partial charge < -0.3 is 25.7 Å². The molecule has 31 heavy (non-hydrogen) atoms. The number of nitrogens with zero attached hydrogens (tertiary/aromatic N) is 1. The van der Waals surface area contributed by atoms with Crippen LogP contribution in [0.15, 0.2) is 50.5 Å². The molecule has 0 unspecified atom stereocenters. The predicted molar refractivity (Wildman–Crippen MR) is 131 cm³/mol. The Hall–Kier alpha value is -1.81. The van der Waals surface area contributed by atoms with Crippen LogP contribution in [0.4, 0.5) is 0 Å². The van der Waals surface area contributed by atoms with Gasteiger partial charge in [0, 0.05) is 13.0 Å². The fraction of sp³-hybridized carbons (Fsp3) is 0.333. The summed E-state index contributed by atoms with van der Waals surface area (Å²) >= 11 is 6.96. The van der Waals surface area contributed by atoms with Gasteiger partial charge in [0.05, 0.1) is 22.7 Å². The number of benzene rings is 2. The fourth-order valence-electron chi connectivity index (χ4n) is 2.68. The number of hydrogen-bond donors (Lipinski definition) is 3. The molecular weight excluding hydrogens is 554 g/mol. The third-order valence-corrected chi connectivity index (χ3v) is 5.44. The fourth-order valence-corrected chi connectivity index (χ4v) is 4.19. The van der Waals surface area contributed by atoms with Gasteiger partial charge in [-0.1, -0.05) is 17.3 Å². The molecule has 10 heteroatoms. The highest BCUT2D eigenvalue weighted by atomic mass is 79.9. The Kier molecular flexibility index (Phi) is 12.5. The number of methoxy groups -OCH3 is 1. The second-order valence-electron chi connectivity index (χ2n) is 6.46. The van der Waals surface area contributed by atoms with Gasteiger partial charge in [-0.3, -0.25) is 4.79 Å². The first kappa shape index (κ1) is 27.2. The standard InChI is InChI=1S/C21H25Br2N3O4.ClH/c1-29-16-5-3-14(4-6-16)7-9-25-21(27)19(26-28)13-15-11-17(22)20(18(23)12-15)30-10-2-8-24;/h3-6,11-12,28H,2,7-10,13,24H2,1H3,(H,25,27);1H/b26-19+;. The molecule has 2 rings (SSSR count). The highest BCUT2D eigenvalue weighted by molar-refractivity contribution is 9.11. The summed E-state index contributed by atoms with van der Waals surface area (Å²) < 4.78 is 12.3. The van der Waals surface area contributed by atoms with Gasteiger partial charge in [-0.05, 0) is 86.6 Å². The van der Waals surface area contributed by atoms with Crippen LogP contribution in [-0.4, -0.2) is 43.6 Å². The van der Waals surface area contributed by atoms with Gasteiger partial charge in [0.25, 0.3) is 5.91 Å². The van der Waals surface area contributed by atoms with Gasteiger partial charge in [-0.25, -0.2) is 0 Å². The molecule has 4 N–H and O–H groups in total. The topological polar surface area (TPSA) is 106 Å². The SMILES string of the molecule is COc1ccc(CCNC(=O)/C(Cc2cc(Br)c(OCCCN)c(Br)c2)=N/O)cc1.Cl. The number of ether oxygens (including phenoxy) is 2. The maximum Gasteiger partial charge on any atom is 0.269 e. The van der Waals surface area contributed by atoms with Gasteiger partial charge in [0.2, 0.25) is 0 Å². The zero-order valence-electron chi connectivity index (χ0n) is 17.1. The molecular formula is C21H26Br2ClN3O4. The van der Waals surface area contributed by atoms with Gasteiger partial charge in [0.15, 0.2) is 0 Å². The maximum absolute atomic E-state index is 12.4. The molecule has 0 heterocycles. The summed E-state index contributed by atoms with van der Waals surface area (Å²) in [4.78, 5) is 12.4. The molecule has 0 aliphatic heterocycles. The van der Waals surface area contributed by atoms with Crippen LogP contribution in [0, 0.1) is 0 Å². The summed E-state index contributed by atoms with van der Waals surface area (Å²) in [7, 11) is 1.62. The van der Waals surface area contributed by atoms with Crippen LogP contribution in [0.5, 0.6) is 11.5 Å². The summed E-state index contributed by atoms with van der Waals surface area (Å²) in [5.74, 6) is 1.03. The Morgan fingerprint density at radius 2 is 1.81 bits per heavy atom. The van der Waals surface area contributed by atoms with E-state index in [4.69, 9.17) is 15.2 Å². The van der Waals surface area contributed by atoms with Crippen molar-refractivity contribution in [2.45, 2.75) is 19.3 Å². The molecule has 0 radical (unpaired) electrons. The molecule has 0 fully saturated rings. The number of halogens is 3. The van der Waals surface area contributed by atoms with E-state index in [-0.39, 0.29) is 24.5 Å². The molecule has 0 aromatic heterocycles. The zero-order chi connectivity index (χ0) is 21.9. The maximum atomic E-state index is 12.4. The van der Waals surface area contributed by atoms with Crippen molar-refractivity contribution in [3.05, 3.63) is 56.5 Å². The summed E-state index contributed by atoms with van der Waals surface area (Å²) in [6, 6.07) is 11.3. The third-order valence-electron chi connectivity index (χ3n) is 4.27. The van der Waals surface area contributed by atoms with Crippen molar-refractivity contribution < 1.29 is 19.5 Å². The lowest BCUT2D eigenvalue weighted by molar-refractivity contribution is -0.115. The van der Waals surface area contributed by atoms with Crippen LogP contribution in [-0.2, 0) is 17.6 Å². The lowest BCUT2D eigenvalue weighted by Crippen LogP contribution is -2.33. The number of hydrogen-bond acceptors (Lipinski definition) is 6. The molecule has 7 nitrogen and oxygen atoms in total. The molecule has 0 atom stereocenters. The molecule has 2 aromatic rings. The number of carbonyl (C=O) groups is 1. The van der Waals surface area contributed by atoms with E-state index < -0.39 is 5.91 Å². The Bertz CT molecular complexity index is 856. The van der Waals surface area contributed by atoms with E-state index in [0.717, 1.165) is 32.2 Å². The molecule has 1 amide bonds. The minimum Gasteiger partial charge on any atom is -0.497 e. The van der Waals surface area contributed by atoms with E-state index in [0.29, 0.717) is 31.9 Å². The zero-order valence-corrected chi connectivity index (χ0v) is 21.1. The summed E-state index contributed by atoms with van der Waals surface area (Å²) in [6.45, 7) is 1.48. The normalized spacial score (nSPS) is 10.9. The van der Waals surface area contributed by atoms with Gasteiger partial charge in [-0.2, -0.15) is 0 Å². The van der Waals surface area contributed by atoms with Crippen LogP contribution in [0.25, 0.3) is 0 Å². The van der Waals surface area contributed by atoms with E-state index in [1.807, 2.05) is 36.4 Å². The van der Waals surface area contributed by atoms with Crippen molar-refractivity contribution in [3.8, 4) is 11.5 Å². The van der Waals surface area contributed by atoms with Crippen molar-refractivity contribution in [1.29, 1.82) is 0 Å². The molecule has 0 aliphatic carbocycles. The number of nitrogens with two attached hydrogens (primary N) is 1. The highest BCUT2D eigenvalue weighted by Crippen LogP contribution is 2.35. The molecule has 0 spiro atoms. The Balaban J connectivity index is 0.00000480. The molecule has 0 bridgehead atoms. The first-order chi connectivity index (χ1) is 14.5.